The predicted molar refractivity (Wildman–Crippen MR) is 88.3 cm³/mol. The number of benzene rings is 1. The van der Waals surface area contributed by atoms with Crippen LogP contribution in [0.15, 0.2) is 35.4 Å². The van der Waals surface area contributed by atoms with Gasteiger partial charge in [-0.25, -0.2) is 4.98 Å². The van der Waals surface area contributed by atoms with Gasteiger partial charge in [0.15, 0.2) is 0 Å². The maximum absolute atomic E-state index is 12.8. The van der Waals surface area contributed by atoms with Gasteiger partial charge < -0.3 is 10.2 Å². The molecule has 0 unspecified atom stereocenters. The average Bonchev–Trinajstić information content (AvgIpc) is 3.19. The lowest BCUT2D eigenvalue weighted by Crippen LogP contribution is -2.28. The Bertz CT molecular complexity index is 765. The zero-order valence-corrected chi connectivity index (χ0v) is 13.4. The van der Waals surface area contributed by atoms with E-state index in [0.29, 0.717) is 6.54 Å². The van der Waals surface area contributed by atoms with Gasteiger partial charge in [-0.2, -0.15) is 0 Å². The summed E-state index contributed by atoms with van der Waals surface area (Å²) in [5, 5.41) is 4.08. The lowest BCUT2D eigenvalue weighted by molar-refractivity contribution is 0.0989. The molecule has 2 aromatic rings. The maximum Gasteiger partial charge on any atom is 0.258 e. The third kappa shape index (κ3) is 2.29. The fourth-order valence-electron chi connectivity index (χ4n) is 3.08. The molecule has 1 aromatic heterocycles. The van der Waals surface area contributed by atoms with Crippen LogP contribution in [0.25, 0.3) is 0 Å². The molecule has 2 aliphatic rings. The Labute approximate surface area is 137 Å². The molecule has 2 aliphatic heterocycles. The molecule has 0 fully saturated rings. The van der Waals surface area contributed by atoms with Crippen LogP contribution in [0, 0.1) is 0 Å². The monoisotopic (exact) mass is 331 g/mol. The molecule has 1 N–H and O–H groups in total. The minimum absolute atomic E-state index is 0.0431. The van der Waals surface area contributed by atoms with E-state index in [2.05, 4.69) is 10.3 Å². The molecule has 0 aliphatic carbocycles. The highest BCUT2D eigenvalue weighted by Crippen LogP contribution is 2.31. The summed E-state index contributed by atoms with van der Waals surface area (Å²) in [6.07, 6.45) is 0.777. The number of rotatable bonds is 2. The van der Waals surface area contributed by atoms with Gasteiger partial charge in [0, 0.05) is 42.6 Å². The molecule has 0 spiro atoms. The van der Waals surface area contributed by atoms with E-state index < -0.39 is 0 Å². The highest BCUT2D eigenvalue weighted by atomic mass is 35.7. The van der Waals surface area contributed by atoms with Gasteiger partial charge >= 0.3 is 0 Å². The van der Waals surface area contributed by atoms with Crippen molar-refractivity contribution in [1.82, 2.24) is 10.3 Å². The van der Waals surface area contributed by atoms with Crippen LogP contribution in [-0.2, 0) is 19.5 Å². The molecule has 0 atom stereocenters. The summed E-state index contributed by atoms with van der Waals surface area (Å²) in [6, 6.07) is 9.77. The summed E-state index contributed by atoms with van der Waals surface area (Å²) in [7, 11) is 6.85. The molecule has 0 bridgehead atoms. The molecule has 4 nitrogen and oxygen atoms in total. The minimum atomic E-state index is 0.0431. The van der Waals surface area contributed by atoms with Crippen LogP contribution in [0.5, 0.6) is 0 Å². The van der Waals surface area contributed by atoms with E-state index in [-0.39, 0.29) is 5.91 Å². The first-order valence-corrected chi connectivity index (χ1v) is 8.83. The van der Waals surface area contributed by atoms with E-state index in [9.17, 15) is 4.79 Å². The molecule has 0 saturated carbocycles. The van der Waals surface area contributed by atoms with E-state index >= 15 is 0 Å². The molecule has 1 amide bonds. The Balaban J connectivity index is 1.65. The van der Waals surface area contributed by atoms with Gasteiger partial charge in [-0.15, -0.1) is 0 Å². The fraction of sp³-hybridized carbons (Fsp3) is 0.250. The number of pyridine rings is 1. The summed E-state index contributed by atoms with van der Waals surface area (Å²) in [4.78, 5) is 19.1. The number of carbonyl (C=O) groups is 1. The number of nitrogens with zero attached hydrogens (tertiary/aromatic N) is 2. The summed E-state index contributed by atoms with van der Waals surface area (Å²) in [5.74, 6) is 0.0431. The number of aromatic nitrogens is 1. The zero-order valence-electron chi connectivity index (χ0n) is 11.8. The van der Waals surface area contributed by atoms with Crippen molar-refractivity contribution in [2.75, 3.05) is 11.4 Å². The van der Waals surface area contributed by atoms with Crippen LogP contribution in [0.2, 0.25) is 0 Å². The molecule has 1 aromatic carbocycles. The number of amides is 1. The smallest absolute Gasteiger partial charge is 0.258 e. The molecular weight excluding hydrogens is 318 g/mol. The van der Waals surface area contributed by atoms with Crippen molar-refractivity contribution in [3.8, 4) is 0 Å². The summed E-state index contributed by atoms with van der Waals surface area (Å²) < 4.78 is 0. The van der Waals surface area contributed by atoms with Crippen LogP contribution in [0.1, 0.15) is 27.2 Å². The summed E-state index contributed by atoms with van der Waals surface area (Å²) in [6.45, 7) is 2.40. The summed E-state index contributed by atoms with van der Waals surface area (Å²) in [5.41, 5.74) is 5.09. The number of fused-ring (bicyclic) bond motifs is 2. The fourth-order valence-corrected chi connectivity index (χ4v) is 3.60. The first-order chi connectivity index (χ1) is 10.8. The Morgan fingerprint density at radius 1 is 1.23 bits per heavy atom. The van der Waals surface area contributed by atoms with Crippen molar-refractivity contribution in [2.24, 2.45) is 0 Å². The third-order valence-corrected chi connectivity index (χ3v) is 5.06. The Kier molecular flexibility index (Phi) is 3.56. The zero-order chi connectivity index (χ0) is 15.1. The van der Waals surface area contributed by atoms with Gasteiger partial charge in [-0.1, -0.05) is 6.07 Å². The number of halogens is 1. The molecule has 0 saturated heterocycles. The Morgan fingerprint density at radius 2 is 2.09 bits per heavy atom. The number of hydrogen-bond acceptors (Lipinski definition) is 4. The molecule has 112 valence electrons. The van der Waals surface area contributed by atoms with E-state index in [1.165, 1.54) is 11.1 Å². The Hall–Kier alpha value is -1.56. The third-order valence-electron chi connectivity index (χ3n) is 4.20. The van der Waals surface area contributed by atoms with Gasteiger partial charge in [-0.05, 0) is 46.1 Å². The first kappa shape index (κ1) is 14.1. The van der Waals surface area contributed by atoms with Gasteiger partial charge in [0.25, 0.3) is 5.91 Å². The molecule has 0 radical (unpaired) electrons. The quantitative estimate of drug-likeness (QED) is 0.918. The highest BCUT2D eigenvalue weighted by molar-refractivity contribution is 8.21. The second-order valence-electron chi connectivity index (χ2n) is 5.49. The SMILES string of the molecule is O=C(c1ccc2c(c1)CNC2)N1CCc2nc(SCl)ccc21. The van der Waals surface area contributed by atoms with Crippen molar-refractivity contribution < 1.29 is 4.79 Å². The van der Waals surface area contributed by atoms with E-state index in [1.807, 2.05) is 35.2 Å². The number of nitrogens with one attached hydrogen (secondary N) is 1. The van der Waals surface area contributed by atoms with Crippen molar-refractivity contribution in [3.63, 3.8) is 0 Å². The average molecular weight is 332 g/mol. The molecule has 4 rings (SSSR count). The van der Waals surface area contributed by atoms with Crippen LogP contribution in [-0.4, -0.2) is 17.4 Å². The van der Waals surface area contributed by atoms with Gasteiger partial charge in [0.05, 0.1) is 11.4 Å². The molecule has 22 heavy (non-hydrogen) atoms. The van der Waals surface area contributed by atoms with Crippen molar-refractivity contribution >= 4 is 33.3 Å². The number of hydrogen-bond donors (Lipinski definition) is 1. The number of anilines is 1. The maximum atomic E-state index is 12.8. The van der Waals surface area contributed by atoms with Gasteiger partial charge in [0.1, 0.15) is 5.03 Å². The molecular formula is C16H14ClN3OS. The van der Waals surface area contributed by atoms with Crippen LogP contribution in [0.3, 0.4) is 0 Å². The van der Waals surface area contributed by atoms with E-state index in [4.69, 9.17) is 10.7 Å². The lowest BCUT2D eigenvalue weighted by atomic mass is 10.1. The second-order valence-corrected chi connectivity index (χ2v) is 6.52. The normalized spacial score (nSPS) is 15.8. The standard InChI is InChI=1S/C16H14ClN3OS/c17-22-15-4-3-14-13(19-15)5-6-20(14)16(21)10-1-2-11-8-18-9-12(11)7-10/h1-4,7,18H,5-6,8-9H2. The predicted octanol–water partition coefficient (Wildman–Crippen LogP) is 3.13. The van der Waals surface area contributed by atoms with Gasteiger partial charge in [0.2, 0.25) is 0 Å². The minimum Gasteiger partial charge on any atom is -0.309 e. The van der Waals surface area contributed by atoms with Crippen LogP contribution >= 0.6 is 21.7 Å². The largest absolute Gasteiger partial charge is 0.309 e. The molecule has 6 heteroatoms. The van der Waals surface area contributed by atoms with Crippen molar-refractivity contribution in [3.05, 3.63) is 52.7 Å². The Morgan fingerprint density at radius 3 is 2.95 bits per heavy atom. The number of carbonyl (C=O) groups excluding carboxylic acids is 1. The highest BCUT2D eigenvalue weighted by Gasteiger charge is 2.27. The van der Waals surface area contributed by atoms with Crippen LogP contribution < -0.4 is 10.2 Å². The first-order valence-electron chi connectivity index (χ1n) is 7.19. The van der Waals surface area contributed by atoms with Crippen molar-refractivity contribution in [2.45, 2.75) is 24.5 Å². The second kappa shape index (κ2) is 5.57. The summed E-state index contributed by atoms with van der Waals surface area (Å²) >= 11 is 0. The van der Waals surface area contributed by atoms with Gasteiger partial charge in [-0.3, -0.25) is 4.79 Å². The topological polar surface area (TPSA) is 45.2 Å². The molecule has 3 heterocycles. The van der Waals surface area contributed by atoms with Crippen molar-refractivity contribution in [1.29, 1.82) is 0 Å². The van der Waals surface area contributed by atoms with Crippen LogP contribution in [0.4, 0.5) is 5.69 Å². The van der Waals surface area contributed by atoms with E-state index in [1.54, 1.807) is 0 Å². The van der Waals surface area contributed by atoms with E-state index in [0.717, 1.165) is 52.5 Å². The lowest BCUT2D eigenvalue weighted by Gasteiger charge is -2.17.